The van der Waals surface area contributed by atoms with Crippen molar-refractivity contribution < 1.29 is 9.53 Å². The average molecular weight is 225 g/mol. The van der Waals surface area contributed by atoms with Crippen molar-refractivity contribution in [2.75, 3.05) is 12.4 Å². The zero-order chi connectivity index (χ0) is 10.9. The summed E-state index contributed by atoms with van der Waals surface area (Å²) in [7, 11) is 0. The molecule has 1 heterocycles. The molecule has 1 rings (SSSR count). The van der Waals surface area contributed by atoms with E-state index < -0.39 is 0 Å². The highest BCUT2D eigenvalue weighted by Gasteiger charge is 2.00. The molecule has 0 bridgehead atoms. The van der Waals surface area contributed by atoms with E-state index in [-0.39, 0.29) is 5.30 Å². The molecule has 1 aromatic rings. The van der Waals surface area contributed by atoms with Crippen molar-refractivity contribution in [2.45, 2.75) is 19.8 Å². The van der Waals surface area contributed by atoms with Gasteiger partial charge in [-0.05, 0) is 36.7 Å². The molecule has 0 aliphatic heterocycles. The van der Waals surface area contributed by atoms with Gasteiger partial charge in [0.1, 0.15) is 0 Å². The number of thioether (sulfide) groups is 1. The Bertz CT molecular complexity index is 290. The van der Waals surface area contributed by atoms with Gasteiger partial charge in [0.2, 0.25) is 0 Å². The molecule has 0 saturated carbocycles. The van der Waals surface area contributed by atoms with Gasteiger partial charge in [0.25, 0.3) is 0 Å². The highest BCUT2D eigenvalue weighted by atomic mass is 32.2. The fourth-order valence-electron chi connectivity index (χ4n) is 1.11. The second-order valence-electron chi connectivity index (χ2n) is 2.96. The lowest BCUT2D eigenvalue weighted by atomic mass is 10.2. The smallest absolute Gasteiger partial charge is 0.367 e. The van der Waals surface area contributed by atoms with Crippen molar-refractivity contribution in [3.8, 4) is 0 Å². The normalized spacial score (nSPS) is 9.93. The molecular formula is C11H15NO2S. The summed E-state index contributed by atoms with van der Waals surface area (Å²) in [6.07, 6.45) is 3.45. The number of ether oxygens (including phenoxy) is 1. The second kappa shape index (κ2) is 7.29. The Balaban J connectivity index is 2.10. The SMILES string of the molecule is CCSC(=O)OCCCc1ccccn1. The third-order valence-corrected chi connectivity index (χ3v) is 2.43. The van der Waals surface area contributed by atoms with Crippen LogP contribution >= 0.6 is 11.8 Å². The number of hydrogen-bond donors (Lipinski definition) is 0. The van der Waals surface area contributed by atoms with Gasteiger partial charge in [-0.3, -0.25) is 4.98 Å². The fraction of sp³-hybridized carbons (Fsp3) is 0.455. The molecular weight excluding hydrogens is 210 g/mol. The number of carbonyl (C=O) groups excluding carboxylic acids is 1. The van der Waals surface area contributed by atoms with E-state index in [1.165, 1.54) is 11.8 Å². The van der Waals surface area contributed by atoms with E-state index in [1.807, 2.05) is 25.1 Å². The lowest BCUT2D eigenvalue weighted by Crippen LogP contribution is -2.01. The first-order valence-corrected chi connectivity index (χ1v) is 6.01. The summed E-state index contributed by atoms with van der Waals surface area (Å²) in [5.41, 5.74) is 1.04. The van der Waals surface area contributed by atoms with E-state index in [1.54, 1.807) is 6.20 Å². The van der Waals surface area contributed by atoms with Gasteiger partial charge >= 0.3 is 5.30 Å². The van der Waals surface area contributed by atoms with Crippen LogP contribution in [0, 0.1) is 0 Å². The van der Waals surface area contributed by atoms with Gasteiger partial charge in [-0.25, -0.2) is 4.79 Å². The van der Waals surface area contributed by atoms with Crippen LogP contribution in [0.25, 0.3) is 0 Å². The van der Waals surface area contributed by atoms with Gasteiger partial charge in [-0.1, -0.05) is 13.0 Å². The maximum Gasteiger partial charge on any atom is 0.367 e. The molecule has 1 aromatic heterocycles. The van der Waals surface area contributed by atoms with Crippen LogP contribution in [0.2, 0.25) is 0 Å². The standard InChI is InChI=1S/C11H15NO2S/c1-2-15-11(13)14-9-5-7-10-6-3-4-8-12-10/h3-4,6,8H,2,5,7,9H2,1H3. The molecule has 15 heavy (non-hydrogen) atoms. The van der Waals surface area contributed by atoms with Crippen molar-refractivity contribution in [3.05, 3.63) is 30.1 Å². The minimum Gasteiger partial charge on any atom is -0.458 e. The van der Waals surface area contributed by atoms with Gasteiger partial charge in [0.15, 0.2) is 0 Å². The molecule has 4 heteroatoms. The van der Waals surface area contributed by atoms with E-state index >= 15 is 0 Å². The molecule has 0 fully saturated rings. The van der Waals surface area contributed by atoms with Crippen LogP contribution in [0.4, 0.5) is 4.79 Å². The van der Waals surface area contributed by atoms with Crippen LogP contribution in [0.3, 0.4) is 0 Å². The van der Waals surface area contributed by atoms with Crippen LogP contribution < -0.4 is 0 Å². The Kier molecular flexibility index (Phi) is 5.85. The molecule has 0 aliphatic rings. The highest BCUT2D eigenvalue weighted by molar-refractivity contribution is 8.13. The van der Waals surface area contributed by atoms with Crippen molar-refractivity contribution in [2.24, 2.45) is 0 Å². The van der Waals surface area contributed by atoms with E-state index in [2.05, 4.69) is 4.98 Å². The van der Waals surface area contributed by atoms with E-state index in [0.29, 0.717) is 6.61 Å². The quantitative estimate of drug-likeness (QED) is 0.570. The number of pyridine rings is 1. The van der Waals surface area contributed by atoms with Crippen molar-refractivity contribution in [3.63, 3.8) is 0 Å². The molecule has 0 spiro atoms. The Morgan fingerprint density at radius 1 is 1.53 bits per heavy atom. The second-order valence-corrected chi connectivity index (χ2v) is 4.16. The first kappa shape index (κ1) is 12.0. The Labute approximate surface area is 94.2 Å². The molecule has 0 aromatic carbocycles. The Morgan fingerprint density at radius 2 is 2.40 bits per heavy atom. The van der Waals surface area contributed by atoms with Gasteiger partial charge < -0.3 is 4.74 Å². The average Bonchev–Trinajstić information content (AvgIpc) is 2.26. The summed E-state index contributed by atoms with van der Waals surface area (Å²) in [5.74, 6) is 0.763. The number of carbonyl (C=O) groups is 1. The van der Waals surface area contributed by atoms with Crippen LogP contribution in [-0.2, 0) is 11.2 Å². The lowest BCUT2D eigenvalue weighted by molar-refractivity contribution is 0.173. The van der Waals surface area contributed by atoms with Gasteiger partial charge in [-0.2, -0.15) is 0 Å². The monoisotopic (exact) mass is 225 g/mol. The maximum absolute atomic E-state index is 11.0. The van der Waals surface area contributed by atoms with E-state index in [0.717, 1.165) is 24.3 Å². The first-order chi connectivity index (χ1) is 7.33. The molecule has 3 nitrogen and oxygen atoms in total. The largest absolute Gasteiger partial charge is 0.458 e. The summed E-state index contributed by atoms with van der Waals surface area (Å²) in [6.45, 7) is 2.40. The van der Waals surface area contributed by atoms with Crippen LogP contribution in [0.5, 0.6) is 0 Å². The van der Waals surface area contributed by atoms with Crippen LogP contribution in [0.1, 0.15) is 19.0 Å². The maximum atomic E-state index is 11.0. The summed E-state index contributed by atoms with van der Waals surface area (Å²) >= 11 is 1.20. The van der Waals surface area contributed by atoms with Gasteiger partial charge in [-0.15, -0.1) is 0 Å². The summed E-state index contributed by atoms with van der Waals surface area (Å²) < 4.78 is 5.00. The van der Waals surface area contributed by atoms with Crippen molar-refractivity contribution >= 4 is 17.1 Å². The minimum atomic E-state index is -0.182. The lowest BCUT2D eigenvalue weighted by Gasteiger charge is -2.02. The van der Waals surface area contributed by atoms with Crippen LogP contribution in [0.15, 0.2) is 24.4 Å². The third-order valence-electron chi connectivity index (χ3n) is 1.79. The molecule has 0 atom stereocenters. The molecule has 0 radical (unpaired) electrons. The third kappa shape index (κ3) is 5.42. The first-order valence-electron chi connectivity index (χ1n) is 5.02. The van der Waals surface area contributed by atoms with Gasteiger partial charge in [0, 0.05) is 17.6 Å². The predicted octanol–water partition coefficient (Wildman–Crippen LogP) is 2.90. The fourth-order valence-corrected chi connectivity index (χ4v) is 1.52. The minimum absolute atomic E-state index is 0.182. The molecule has 0 aliphatic carbocycles. The summed E-state index contributed by atoms with van der Waals surface area (Å²) in [5, 5.41) is -0.182. The number of aromatic nitrogens is 1. The number of aryl methyl sites for hydroxylation is 1. The van der Waals surface area contributed by atoms with Crippen molar-refractivity contribution in [1.82, 2.24) is 4.98 Å². The molecule has 0 amide bonds. The number of rotatable bonds is 5. The Hall–Kier alpha value is -1.03. The Morgan fingerprint density at radius 3 is 3.07 bits per heavy atom. The molecule has 0 unspecified atom stereocenters. The molecule has 0 saturated heterocycles. The number of nitrogens with zero attached hydrogens (tertiary/aromatic N) is 1. The van der Waals surface area contributed by atoms with E-state index in [9.17, 15) is 4.79 Å². The number of hydrogen-bond acceptors (Lipinski definition) is 4. The topological polar surface area (TPSA) is 39.2 Å². The van der Waals surface area contributed by atoms with Gasteiger partial charge in [0.05, 0.1) is 6.61 Å². The summed E-state index contributed by atoms with van der Waals surface area (Å²) in [4.78, 5) is 15.2. The predicted molar refractivity (Wildman–Crippen MR) is 62.0 cm³/mol. The van der Waals surface area contributed by atoms with Crippen LogP contribution in [-0.4, -0.2) is 22.6 Å². The highest BCUT2D eigenvalue weighted by Crippen LogP contribution is 2.05. The molecule has 82 valence electrons. The zero-order valence-corrected chi connectivity index (χ0v) is 9.63. The van der Waals surface area contributed by atoms with Crippen molar-refractivity contribution in [1.29, 1.82) is 0 Å². The summed E-state index contributed by atoms with van der Waals surface area (Å²) in [6, 6.07) is 5.82. The van der Waals surface area contributed by atoms with E-state index in [4.69, 9.17) is 4.74 Å². The molecule has 0 N–H and O–H groups in total. The zero-order valence-electron chi connectivity index (χ0n) is 8.81.